The van der Waals surface area contributed by atoms with E-state index < -0.39 is 69.2 Å². The van der Waals surface area contributed by atoms with Crippen LogP contribution in [0, 0.1) is 18.6 Å². The van der Waals surface area contributed by atoms with Gasteiger partial charge in [0.15, 0.2) is 11.0 Å². The Hall–Kier alpha value is -3.62. The van der Waals surface area contributed by atoms with Crippen molar-refractivity contribution in [2.24, 2.45) is 0 Å². The van der Waals surface area contributed by atoms with Gasteiger partial charge in [-0.05, 0) is 58.9 Å². The van der Waals surface area contributed by atoms with E-state index in [4.69, 9.17) is 20.9 Å². The molecule has 0 radical (unpaired) electrons. The second kappa shape index (κ2) is 13.2. The van der Waals surface area contributed by atoms with Crippen LogP contribution in [0.5, 0.6) is 5.88 Å². The number of fused-ring (bicyclic) bond motifs is 1. The van der Waals surface area contributed by atoms with E-state index in [-0.39, 0.29) is 28.3 Å². The molecule has 44 heavy (non-hydrogen) atoms. The molecule has 9 nitrogen and oxygen atoms in total. The number of benzene rings is 1. The summed E-state index contributed by atoms with van der Waals surface area (Å²) < 4.78 is 84.4. The fourth-order valence-electron chi connectivity index (χ4n) is 4.74. The zero-order chi connectivity index (χ0) is 33.3. The van der Waals surface area contributed by atoms with Crippen molar-refractivity contribution < 1.29 is 36.2 Å². The monoisotopic (exact) mass is 644 g/mol. The number of ether oxygens (including phenoxy) is 2. The van der Waals surface area contributed by atoms with Gasteiger partial charge in [-0.2, -0.15) is 13.2 Å². The molecular formula is C29H37F5N6O3S. The van der Waals surface area contributed by atoms with Gasteiger partial charge in [0.2, 0.25) is 5.88 Å². The molecule has 2 aromatic heterocycles. The minimum atomic E-state index is -5.07. The minimum Gasteiger partial charge on any atom is -0.474 e. The molecular weight excluding hydrogens is 607 g/mol. The van der Waals surface area contributed by atoms with Gasteiger partial charge in [0.05, 0.1) is 17.4 Å². The van der Waals surface area contributed by atoms with E-state index in [9.17, 15) is 22.4 Å². The molecule has 4 N–H and O–H groups in total. The first-order valence-electron chi connectivity index (χ1n) is 14.0. The third-order valence-electron chi connectivity index (χ3n) is 6.70. The van der Waals surface area contributed by atoms with Crippen LogP contribution in [-0.2, 0) is 10.9 Å². The van der Waals surface area contributed by atoms with E-state index in [1.165, 1.54) is 0 Å². The molecule has 0 aliphatic carbocycles. The molecule has 1 aliphatic rings. The Morgan fingerprint density at radius 1 is 1.14 bits per heavy atom. The maximum Gasteiger partial charge on any atom is 0.417 e. The summed E-state index contributed by atoms with van der Waals surface area (Å²) in [5, 5.41) is -0.0813. The Morgan fingerprint density at radius 3 is 2.30 bits per heavy atom. The molecule has 2 unspecified atom stereocenters. The standard InChI is InChI=1S/C27H31F5N6O3S.C2H6/c1-11(9-13-7-8-38(13)25(39)41-26(3,4)5)40-23-16-21(36-24(42-6)37-22(16)34)19(29)20(35-23)14-10-15(33)18(28)12(2)17(14)27(30,31)32;1-2/h10-11,13H,7-9,33H2,1-6H3,(H2,34,36,37);1-2H3. The van der Waals surface area contributed by atoms with Gasteiger partial charge in [-0.3, -0.25) is 0 Å². The second-order valence-electron chi connectivity index (χ2n) is 11.0. The highest BCUT2D eigenvalue weighted by Gasteiger charge is 2.40. The largest absolute Gasteiger partial charge is 0.474 e. The fourth-order valence-corrected chi connectivity index (χ4v) is 5.11. The molecule has 0 bridgehead atoms. The number of likely N-dealkylation sites (tertiary alicyclic amines) is 1. The number of hydrogen-bond acceptors (Lipinski definition) is 9. The van der Waals surface area contributed by atoms with Crippen LogP contribution < -0.4 is 16.2 Å². The summed E-state index contributed by atoms with van der Waals surface area (Å²) >= 11 is 1.04. The maximum absolute atomic E-state index is 16.0. The molecule has 4 rings (SSSR count). The topological polar surface area (TPSA) is 129 Å². The van der Waals surface area contributed by atoms with Crippen molar-refractivity contribution in [2.75, 3.05) is 24.3 Å². The highest BCUT2D eigenvalue weighted by molar-refractivity contribution is 7.98. The Morgan fingerprint density at radius 2 is 1.77 bits per heavy atom. The van der Waals surface area contributed by atoms with E-state index in [1.807, 2.05) is 13.8 Å². The summed E-state index contributed by atoms with van der Waals surface area (Å²) in [5.74, 6) is -3.03. The van der Waals surface area contributed by atoms with Crippen LogP contribution >= 0.6 is 11.8 Å². The average molecular weight is 645 g/mol. The van der Waals surface area contributed by atoms with Crippen LogP contribution in [0.3, 0.4) is 0 Å². The molecule has 0 spiro atoms. The van der Waals surface area contributed by atoms with E-state index in [1.54, 1.807) is 38.9 Å². The van der Waals surface area contributed by atoms with Crippen molar-refractivity contribution in [1.82, 2.24) is 19.9 Å². The third kappa shape index (κ3) is 7.19. The predicted octanol–water partition coefficient (Wildman–Crippen LogP) is 7.38. The Bertz CT molecular complexity index is 1550. The van der Waals surface area contributed by atoms with Crippen molar-refractivity contribution in [2.45, 2.75) is 90.4 Å². The molecule has 3 heterocycles. The summed E-state index contributed by atoms with van der Waals surface area (Å²) in [6.45, 7) is 12.3. The number of halogens is 5. The Balaban J connectivity index is 0.00000259. The van der Waals surface area contributed by atoms with E-state index in [2.05, 4.69) is 15.0 Å². The zero-order valence-corrected chi connectivity index (χ0v) is 26.6. The molecule has 1 aromatic carbocycles. The molecule has 0 saturated carbocycles. The van der Waals surface area contributed by atoms with Gasteiger partial charge in [-0.25, -0.2) is 28.5 Å². The first kappa shape index (κ1) is 34.9. The number of thioether (sulfide) groups is 1. The number of nitrogens with zero attached hydrogens (tertiary/aromatic N) is 4. The SMILES string of the molecule is CC.CSc1nc(N)c2c(OC(C)CC3CCN3C(=O)OC(C)(C)C)nc(-c3cc(N)c(F)c(C)c3C(F)(F)F)c(F)c2n1. The quantitative estimate of drug-likeness (QED) is 0.122. The lowest BCUT2D eigenvalue weighted by Gasteiger charge is -2.42. The molecule has 242 valence electrons. The van der Waals surface area contributed by atoms with E-state index in [0.29, 0.717) is 25.5 Å². The van der Waals surface area contributed by atoms with Gasteiger partial charge in [-0.1, -0.05) is 25.6 Å². The van der Waals surface area contributed by atoms with Crippen LogP contribution in [0.2, 0.25) is 0 Å². The second-order valence-corrected chi connectivity index (χ2v) is 11.8. The number of carbonyl (C=O) groups is 1. The van der Waals surface area contributed by atoms with Gasteiger partial charge in [0.1, 0.15) is 33.8 Å². The Kier molecular flexibility index (Phi) is 10.4. The van der Waals surface area contributed by atoms with Crippen molar-refractivity contribution in [3.05, 3.63) is 28.8 Å². The number of pyridine rings is 1. The number of carbonyl (C=O) groups excluding carboxylic acids is 1. The summed E-state index contributed by atoms with van der Waals surface area (Å²) in [6, 6.07) is 0.442. The van der Waals surface area contributed by atoms with Crippen molar-refractivity contribution in [1.29, 1.82) is 0 Å². The number of alkyl halides is 3. The smallest absolute Gasteiger partial charge is 0.417 e. The minimum absolute atomic E-state index is 0.0587. The number of nitrogen functional groups attached to an aromatic ring is 2. The van der Waals surface area contributed by atoms with E-state index in [0.717, 1.165) is 18.7 Å². The van der Waals surface area contributed by atoms with E-state index >= 15 is 4.39 Å². The molecule has 1 saturated heterocycles. The maximum atomic E-state index is 16.0. The van der Waals surface area contributed by atoms with Crippen LogP contribution in [0.25, 0.3) is 22.2 Å². The van der Waals surface area contributed by atoms with Gasteiger partial charge in [-0.15, -0.1) is 0 Å². The average Bonchev–Trinajstić information content (AvgIpc) is 2.90. The molecule has 1 aliphatic heterocycles. The number of aromatic nitrogens is 3. The van der Waals surface area contributed by atoms with Crippen LogP contribution in [0.15, 0.2) is 11.2 Å². The van der Waals surface area contributed by atoms with Crippen molar-refractivity contribution in [3.63, 3.8) is 0 Å². The van der Waals surface area contributed by atoms with Gasteiger partial charge in [0.25, 0.3) is 0 Å². The van der Waals surface area contributed by atoms with Crippen LogP contribution in [0.1, 0.15) is 65.5 Å². The highest BCUT2D eigenvalue weighted by Crippen LogP contribution is 2.44. The number of amides is 1. The summed E-state index contributed by atoms with van der Waals surface area (Å²) in [5.41, 5.74) is 6.23. The predicted molar refractivity (Wildman–Crippen MR) is 160 cm³/mol. The molecule has 3 aromatic rings. The first-order chi connectivity index (χ1) is 20.4. The molecule has 1 fully saturated rings. The first-order valence-corrected chi connectivity index (χ1v) is 15.2. The molecule has 1 amide bonds. The highest BCUT2D eigenvalue weighted by atomic mass is 32.2. The van der Waals surface area contributed by atoms with Crippen LogP contribution in [-0.4, -0.2) is 56.5 Å². The van der Waals surface area contributed by atoms with Gasteiger partial charge < -0.3 is 25.8 Å². The summed E-state index contributed by atoms with van der Waals surface area (Å²) in [4.78, 5) is 26.5. The normalized spacial score (nSPS) is 15.8. The summed E-state index contributed by atoms with van der Waals surface area (Å²) in [6.07, 6.45) is -3.64. The molecule has 15 heteroatoms. The fraction of sp³-hybridized carbons (Fsp3) is 0.517. The zero-order valence-electron chi connectivity index (χ0n) is 25.8. The number of anilines is 2. The Labute approximate surface area is 256 Å². The lowest BCUT2D eigenvalue weighted by molar-refractivity contribution is -0.137. The van der Waals surface area contributed by atoms with Crippen molar-refractivity contribution in [3.8, 4) is 17.1 Å². The third-order valence-corrected chi connectivity index (χ3v) is 7.24. The summed E-state index contributed by atoms with van der Waals surface area (Å²) in [7, 11) is 0. The van der Waals surface area contributed by atoms with Crippen molar-refractivity contribution >= 4 is 40.3 Å². The van der Waals surface area contributed by atoms with Crippen LogP contribution in [0.4, 0.5) is 38.3 Å². The molecule has 2 atom stereocenters. The van der Waals surface area contributed by atoms with Gasteiger partial charge in [0, 0.05) is 24.6 Å². The number of nitrogens with two attached hydrogens (primary N) is 2. The number of rotatable bonds is 6. The number of hydrogen-bond donors (Lipinski definition) is 2. The lowest BCUT2D eigenvalue weighted by atomic mass is 9.96. The lowest BCUT2D eigenvalue weighted by Crippen LogP contribution is -2.53. The van der Waals surface area contributed by atoms with Gasteiger partial charge >= 0.3 is 12.3 Å².